The SMILES string of the molecule is CCC(CC)CO/C=C/C/C=C/Br. The molecule has 0 bridgehead atoms. The summed E-state index contributed by atoms with van der Waals surface area (Å²) >= 11 is 3.21. The van der Waals surface area contributed by atoms with Gasteiger partial charge in [0.2, 0.25) is 0 Å². The van der Waals surface area contributed by atoms with Crippen molar-refractivity contribution in [1.29, 1.82) is 0 Å². The predicted octanol–water partition coefficient (Wildman–Crippen LogP) is 4.25. The van der Waals surface area contributed by atoms with Gasteiger partial charge >= 0.3 is 0 Å². The van der Waals surface area contributed by atoms with Crippen LogP contribution in [-0.2, 0) is 4.74 Å². The van der Waals surface area contributed by atoms with Crippen LogP contribution in [0.15, 0.2) is 23.4 Å². The molecule has 0 aliphatic rings. The molecule has 0 radical (unpaired) electrons. The minimum Gasteiger partial charge on any atom is -0.501 e. The molecule has 1 nitrogen and oxygen atoms in total. The maximum Gasteiger partial charge on any atom is 0.0901 e. The number of halogens is 1. The quantitative estimate of drug-likeness (QED) is 0.611. The van der Waals surface area contributed by atoms with Crippen molar-refractivity contribution in [1.82, 2.24) is 0 Å². The molecule has 0 N–H and O–H groups in total. The molecule has 0 fully saturated rings. The van der Waals surface area contributed by atoms with Crippen LogP contribution in [0.2, 0.25) is 0 Å². The first-order chi connectivity index (χ1) is 6.35. The number of hydrogen-bond acceptors (Lipinski definition) is 1. The van der Waals surface area contributed by atoms with E-state index >= 15 is 0 Å². The van der Waals surface area contributed by atoms with Crippen LogP contribution in [0.5, 0.6) is 0 Å². The number of allylic oxidation sites excluding steroid dienone is 2. The van der Waals surface area contributed by atoms with Crippen LogP contribution in [0.4, 0.5) is 0 Å². The van der Waals surface area contributed by atoms with E-state index in [4.69, 9.17) is 4.74 Å². The second-order valence-corrected chi connectivity index (χ2v) is 3.51. The molecule has 2 heteroatoms. The van der Waals surface area contributed by atoms with E-state index < -0.39 is 0 Å². The van der Waals surface area contributed by atoms with E-state index in [-0.39, 0.29) is 0 Å². The summed E-state index contributed by atoms with van der Waals surface area (Å²) in [4.78, 5) is 1.86. The van der Waals surface area contributed by atoms with Crippen molar-refractivity contribution in [3.05, 3.63) is 23.4 Å². The Morgan fingerprint density at radius 3 is 2.46 bits per heavy atom. The average molecular weight is 247 g/mol. The molecular weight excluding hydrogens is 228 g/mol. The fourth-order valence-electron chi connectivity index (χ4n) is 0.970. The minimum absolute atomic E-state index is 0.705. The third-order valence-electron chi connectivity index (χ3n) is 2.04. The molecule has 0 amide bonds. The lowest BCUT2D eigenvalue weighted by Crippen LogP contribution is -2.04. The first-order valence-corrected chi connectivity index (χ1v) is 5.78. The summed E-state index contributed by atoms with van der Waals surface area (Å²) in [7, 11) is 0. The second kappa shape index (κ2) is 9.85. The zero-order valence-electron chi connectivity index (χ0n) is 8.50. The Morgan fingerprint density at radius 2 is 1.92 bits per heavy atom. The molecule has 0 aromatic rings. The highest BCUT2D eigenvalue weighted by atomic mass is 79.9. The Hall–Kier alpha value is -0.240. The number of rotatable bonds is 7. The standard InChI is InChI=1S/C11H19BrO/c1-3-11(4-2)10-13-9-7-5-6-8-12/h6-9,11H,3-5,10H2,1-2H3/b8-6+,9-7+. The van der Waals surface area contributed by atoms with Gasteiger partial charge in [-0.2, -0.15) is 0 Å². The van der Waals surface area contributed by atoms with Gasteiger partial charge in [-0.15, -0.1) is 0 Å². The zero-order chi connectivity index (χ0) is 9.94. The fraction of sp³-hybridized carbons (Fsp3) is 0.636. The van der Waals surface area contributed by atoms with Crippen LogP contribution in [0.3, 0.4) is 0 Å². The number of hydrogen-bond donors (Lipinski definition) is 0. The predicted molar refractivity (Wildman–Crippen MR) is 61.8 cm³/mol. The maximum atomic E-state index is 5.39. The third-order valence-corrected chi connectivity index (χ3v) is 2.41. The van der Waals surface area contributed by atoms with E-state index in [0.717, 1.165) is 13.0 Å². The van der Waals surface area contributed by atoms with Crippen LogP contribution in [0.1, 0.15) is 33.1 Å². The molecule has 0 saturated heterocycles. The topological polar surface area (TPSA) is 9.23 Å². The monoisotopic (exact) mass is 246 g/mol. The van der Waals surface area contributed by atoms with Crippen molar-refractivity contribution < 1.29 is 4.74 Å². The molecule has 0 unspecified atom stereocenters. The van der Waals surface area contributed by atoms with Crippen molar-refractivity contribution in [2.45, 2.75) is 33.1 Å². The molecule has 0 heterocycles. The zero-order valence-corrected chi connectivity index (χ0v) is 10.1. The Kier molecular flexibility index (Phi) is 9.66. The van der Waals surface area contributed by atoms with Gasteiger partial charge in [0, 0.05) is 0 Å². The maximum absolute atomic E-state index is 5.39. The Bertz CT molecular complexity index is 148. The molecule has 0 aliphatic heterocycles. The van der Waals surface area contributed by atoms with Gasteiger partial charge in [-0.25, -0.2) is 0 Å². The van der Waals surface area contributed by atoms with Crippen LogP contribution >= 0.6 is 15.9 Å². The average Bonchev–Trinajstić information content (AvgIpc) is 2.17. The Labute approximate surface area is 90.0 Å². The Morgan fingerprint density at radius 1 is 1.23 bits per heavy atom. The second-order valence-electron chi connectivity index (χ2n) is 2.99. The highest BCUT2D eigenvalue weighted by Crippen LogP contribution is 2.07. The number of ether oxygens (including phenoxy) is 1. The summed E-state index contributed by atoms with van der Waals surface area (Å²) < 4.78 is 5.39. The summed E-state index contributed by atoms with van der Waals surface area (Å²) in [6, 6.07) is 0. The third kappa shape index (κ3) is 8.10. The highest BCUT2D eigenvalue weighted by Gasteiger charge is 2.00. The molecule has 0 aromatic carbocycles. The molecule has 0 aromatic heterocycles. The van der Waals surface area contributed by atoms with Crippen molar-refractivity contribution in [3.63, 3.8) is 0 Å². The molecule has 0 aliphatic carbocycles. The van der Waals surface area contributed by atoms with Crippen molar-refractivity contribution in [3.8, 4) is 0 Å². The first-order valence-electron chi connectivity index (χ1n) is 4.86. The van der Waals surface area contributed by atoms with Crippen LogP contribution in [0, 0.1) is 5.92 Å². The van der Waals surface area contributed by atoms with Gasteiger partial charge in [-0.05, 0) is 23.4 Å². The highest BCUT2D eigenvalue weighted by molar-refractivity contribution is 9.11. The van der Waals surface area contributed by atoms with Gasteiger partial charge < -0.3 is 4.74 Å². The van der Waals surface area contributed by atoms with Crippen molar-refractivity contribution in [2.75, 3.05) is 6.61 Å². The summed E-state index contributed by atoms with van der Waals surface area (Å²) in [5.41, 5.74) is 0. The summed E-state index contributed by atoms with van der Waals surface area (Å²) in [5.74, 6) is 0.705. The summed E-state index contributed by atoms with van der Waals surface area (Å²) in [6.45, 7) is 5.26. The van der Waals surface area contributed by atoms with Gasteiger partial charge in [-0.3, -0.25) is 0 Å². The van der Waals surface area contributed by atoms with Crippen molar-refractivity contribution in [2.24, 2.45) is 5.92 Å². The van der Waals surface area contributed by atoms with E-state index in [0.29, 0.717) is 5.92 Å². The molecule has 0 spiro atoms. The van der Waals surface area contributed by atoms with E-state index in [2.05, 4.69) is 29.8 Å². The lowest BCUT2D eigenvalue weighted by atomic mass is 10.1. The van der Waals surface area contributed by atoms with Crippen LogP contribution in [0.25, 0.3) is 0 Å². The molecule has 76 valence electrons. The smallest absolute Gasteiger partial charge is 0.0901 e. The van der Waals surface area contributed by atoms with Gasteiger partial charge in [0.1, 0.15) is 0 Å². The lowest BCUT2D eigenvalue weighted by Gasteiger charge is -2.10. The first kappa shape index (κ1) is 12.8. The molecule has 0 saturated carbocycles. The van der Waals surface area contributed by atoms with E-state index in [1.165, 1.54) is 12.8 Å². The largest absolute Gasteiger partial charge is 0.501 e. The van der Waals surface area contributed by atoms with Crippen LogP contribution < -0.4 is 0 Å². The summed E-state index contributed by atoms with van der Waals surface area (Å²) in [6.07, 6.45) is 9.16. The lowest BCUT2D eigenvalue weighted by molar-refractivity contribution is 0.188. The van der Waals surface area contributed by atoms with Gasteiger partial charge in [0.05, 0.1) is 12.9 Å². The molecular formula is C11H19BrO. The van der Waals surface area contributed by atoms with E-state index in [1.807, 2.05) is 17.1 Å². The van der Waals surface area contributed by atoms with Gasteiger partial charge in [-0.1, -0.05) is 48.7 Å². The Balaban J connectivity index is 3.37. The van der Waals surface area contributed by atoms with E-state index in [1.54, 1.807) is 6.26 Å². The van der Waals surface area contributed by atoms with Gasteiger partial charge in [0.25, 0.3) is 0 Å². The molecule has 13 heavy (non-hydrogen) atoms. The summed E-state index contributed by atoms with van der Waals surface area (Å²) in [5, 5.41) is 0. The minimum atomic E-state index is 0.705. The molecule has 0 rings (SSSR count). The fourth-order valence-corrected chi connectivity index (χ4v) is 1.19. The molecule has 0 atom stereocenters. The van der Waals surface area contributed by atoms with Crippen molar-refractivity contribution >= 4 is 15.9 Å². The van der Waals surface area contributed by atoms with Crippen LogP contribution in [-0.4, -0.2) is 6.61 Å². The van der Waals surface area contributed by atoms with Gasteiger partial charge in [0.15, 0.2) is 0 Å². The van der Waals surface area contributed by atoms with E-state index in [9.17, 15) is 0 Å². The normalized spacial score (nSPS) is 12.0.